The molecule has 4 heterocycles. The van der Waals surface area contributed by atoms with Crippen LogP contribution in [0.15, 0.2) is 18.3 Å². The van der Waals surface area contributed by atoms with E-state index in [-0.39, 0.29) is 24.5 Å². The molecule has 0 radical (unpaired) electrons. The first-order valence-corrected chi connectivity index (χ1v) is 13.0. The number of aromatic amines is 1. The predicted octanol–water partition coefficient (Wildman–Crippen LogP) is -0.148. The van der Waals surface area contributed by atoms with Gasteiger partial charge in [0.1, 0.15) is 28.1 Å². The molecule has 7 aliphatic rings. The predicted molar refractivity (Wildman–Crippen MR) is 124 cm³/mol. The monoisotopic (exact) mass is 519 g/mol. The summed E-state index contributed by atoms with van der Waals surface area (Å²) in [5, 5.41) is 61.8. The number of aromatic nitrogens is 1. The zero-order valence-corrected chi connectivity index (χ0v) is 21.5. The molecule has 1 aromatic rings. The number of carbonyl (C=O) groups is 1. The molecule has 0 amide bonds. The lowest BCUT2D eigenvalue weighted by Gasteiger charge is -2.61. The van der Waals surface area contributed by atoms with Gasteiger partial charge in [-0.05, 0) is 43.7 Å². The number of aliphatic hydroxyl groups is 4. The molecule has 8 rings (SSSR count). The standard InChI is InChI=1S/C25H34BNO10/c1-12(2)22(31)17(34-16(28)14-7-6-10-27-14)23(32)18(4)11-21(30)19(22,5)25(23)24(36-21)15(35-26(33)37-25)13(3)8-9-20(18,24)29/h6-7,10,12-13,15,17,27,29-33H,8-9,11H2,1-5H3/t13?,15-,17-,18+,19-,20+,21-,22-,23-,24?,25-/m1/s1. The SMILES string of the molecule is CC1CC[C@@]2(O)C34O[C@]5(O)C[C@]2(C)[C@]2(O)[C@H](OC(=O)c6ccc[nH]6)[C@](O)(C(C)C)[C@]5(C)[C@]32OB(O)O[C@H]14. The molecular formula is C25H34BNO10. The number of hydrogen-bond acceptors (Lipinski definition) is 10. The van der Waals surface area contributed by atoms with Gasteiger partial charge in [0.15, 0.2) is 17.5 Å². The van der Waals surface area contributed by atoms with Crippen LogP contribution >= 0.6 is 0 Å². The molecule has 0 aromatic carbocycles. The van der Waals surface area contributed by atoms with Crippen LogP contribution in [0.3, 0.4) is 0 Å². The second-order valence-corrected chi connectivity index (χ2v) is 12.9. The number of carbonyl (C=O) groups excluding carboxylic acids is 1. The molecule has 7 fully saturated rings. The second kappa shape index (κ2) is 6.28. The summed E-state index contributed by atoms with van der Waals surface area (Å²) < 4.78 is 24.6. The van der Waals surface area contributed by atoms with E-state index in [4.69, 9.17) is 18.8 Å². The van der Waals surface area contributed by atoms with Gasteiger partial charge >= 0.3 is 13.3 Å². The van der Waals surface area contributed by atoms with E-state index in [0.29, 0.717) is 6.42 Å². The van der Waals surface area contributed by atoms with Crippen molar-refractivity contribution >= 4 is 13.3 Å². The fourth-order valence-electron chi connectivity index (χ4n) is 10.3. The normalized spacial score (nSPS) is 58.8. The minimum atomic E-state index is -2.30. The first-order valence-electron chi connectivity index (χ1n) is 13.0. The van der Waals surface area contributed by atoms with Gasteiger partial charge in [-0.1, -0.05) is 27.7 Å². The Kier molecular flexibility index (Phi) is 4.16. The summed E-state index contributed by atoms with van der Waals surface area (Å²) in [5.41, 5.74) is -13.6. The highest BCUT2D eigenvalue weighted by molar-refractivity contribution is 6.35. The van der Waals surface area contributed by atoms with Gasteiger partial charge in [0.25, 0.3) is 0 Å². The maximum Gasteiger partial charge on any atom is 0.637 e. The molecular weight excluding hydrogens is 485 g/mol. The summed E-state index contributed by atoms with van der Waals surface area (Å²) in [5.74, 6) is -3.92. The van der Waals surface area contributed by atoms with Crippen molar-refractivity contribution in [3.05, 3.63) is 24.0 Å². The summed E-state index contributed by atoms with van der Waals surface area (Å²) in [6, 6.07) is 3.12. The van der Waals surface area contributed by atoms with Crippen molar-refractivity contribution in [1.29, 1.82) is 0 Å². The first kappa shape index (κ1) is 24.5. The quantitative estimate of drug-likeness (QED) is 0.233. The average molecular weight is 519 g/mol. The average Bonchev–Trinajstić information content (AvgIpc) is 3.45. The Labute approximate surface area is 214 Å². The number of nitrogens with one attached hydrogen (secondary N) is 1. The Balaban J connectivity index is 1.59. The smallest absolute Gasteiger partial charge is 0.451 e. The Hall–Kier alpha value is -1.51. The van der Waals surface area contributed by atoms with Crippen molar-refractivity contribution < 1.29 is 49.0 Å². The van der Waals surface area contributed by atoms with Gasteiger partial charge in [-0.3, -0.25) is 0 Å². The third-order valence-corrected chi connectivity index (χ3v) is 11.8. The molecule has 202 valence electrons. The fourth-order valence-corrected chi connectivity index (χ4v) is 10.3. The Morgan fingerprint density at radius 3 is 2.57 bits per heavy atom. The number of ether oxygens (including phenoxy) is 2. The molecule has 11 nitrogen and oxygen atoms in total. The molecule has 3 saturated heterocycles. The lowest BCUT2D eigenvalue weighted by Crippen LogP contribution is -2.80. The van der Waals surface area contributed by atoms with Crippen LogP contribution in [0.1, 0.15) is 64.4 Å². The number of hydrogen-bond donors (Lipinski definition) is 6. The van der Waals surface area contributed by atoms with Crippen molar-refractivity contribution in [2.24, 2.45) is 22.7 Å². The Morgan fingerprint density at radius 1 is 1.24 bits per heavy atom. The van der Waals surface area contributed by atoms with E-state index in [1.807, 2.05) is 6.92 Å². The van der Waals surface area contributed by atoms with E-state index >= 15 is 0 Å². The lowest BCUT2D eigenvalue weighted by atomic mass is 9.52. The molecule has 12 heteroatoms. The molecule has 3 aliphatic heterocycles. The molecule has 4 saturated carbocycles. The van der Waals surface area contributed by atoms with Crippen LogP contribution in [0.4, 0.5) is 0 Å². The van der Waals surface area contributed by atoms with Gasteiger partial charge in [-0.25, -0.2) is 4.79 Å². The number of H-pyrrole nitrogens is 1. The van der Waals surface area contributed by atoms with Gasteiger partial charge in [0.2, 0.25) is 0 Å². The van der Waals surface area contributed by atoms with Crippen molar-refractivity contribution in [2.45, 2.75) is 99.9 Å². The van der Waals surface area contributed by atoms with Gasteiger partial charge in [0, 0.05) is 18.0 Å². The summed E-state index contributed by atoms with van der Waals surface area (Å²) in [4.78, 5) is 16.1. The molecule has 37 heavy (non-hydrogen) atoms. The molecule has 2 unspecified atom stereocenters. The van der Waals surface area contributed by atoms with E-state index in [1.54, 1.807) is 33.0 Å². The van der Waals surface area contributed by atoms with E-state index in [9.17, 15) is 30.2 Å². The number of rotatable bonds is 3. The maximum absolute atomic E-state index is 13.4. The van der Waals surface area contributed by atoms with Gasteiger partial charge in [-0.2, -0.15) is 0 Å². The third kappa shape index (κ3) is 1.85. The van der Waals surface area contributed by atoms with Crippen LogP contribution in [0.25, 0.3) is 0 Å². The van der Waals surface area contributed by atoms with Crippen molar-refractivity contribution in [3.63, 3.8) is 0 Å². The maximum atomic E-state index is 13.4. The molecule has 6 bridgehead atoms. The highest BCUT2D eigenvalue weighted by Gasteiger charge is 3.11. The lowest BCUT2D eigenvalue weighted by molar-refractivity contribution is -0.389. The van der Waals surface area contributed by atoms with Gasteiger partial charge < -0.3 is 49.2 Å². The van der Waals surface area contributed by atoms with Crippen LogP contribution in [0.2, 0.25) is 0 Å². The molecule has 1 aromatic heterocycles. The van der Waals surface area contributed by atoms with Crippen molar-refractivity contribution in [1.82, 2.24) is 4.98 Å². The van der Waals surface area contributed by atoms with Crippen LogP contribution < -0.4 is 0 Å². The van der Waals surface area contributed by atoms with E-state index in [2.05, 4.69) is 4.98 Å². The zero-order chi connectivity index (χ0) is 26.8. The van der Waals surface area contributed by atoms with E-state index in [1.165, 1.54) is 13.0 Å². The highest BCUT2D eigenvalue weighted by Crippen LogP contribution is 2.92. The topological polar surface area (TPSA) is 171 Å². The summed E-state index contributed by atoms with van der Waals surface area (Å²) in [7, 11) is -1.85. The largest absolute Gasteiger partial charge is 0.637 e. The van der Waals surface area contributed by atoms with E-state index < -0.39 is 76.0 Å². The van der Waals surface area contributed by atoms with Crippen LogP contribution in [-0.2, 0) is 18.8 Å². The summed E-state index contributed by atoms with van der Waals surface area (Å²) >= 11 is 0. The second-order valence-electron chi connectivity index (χ2n) is 12.9. The third-order valence-electron chi connectivity index (χ3n) is 11.8. The Morgan fingerprint density at radius 2 is 1.95 bits per heavy atom. The Bertz CT molecular complexity index is 1210. The molecule has 11 atom stereocenters. The number of esters is 1. The van der Waals surface area contributed by atoms with E-state index in [0.717, 1.165) is 0 Å². The zero-order valence-electron chi connectivity index (χ0n) is 21.5. The molecule has 2 spiro atoms. The van der Waals surface area contributed by atoms with Crippen molar-refractivity contribution in [3.8, 4) is 0 Å². The van der Waals surface area contributed by atoms with Gasteiger partial charge in [-0.15, -0.1) is 0 Å². The first-order chi connectivity index (χ1) is 17.1. The summed E-state index contributed by atoms with van der Waals surface area (Å²) in [6.45, 7) is 8.42. The highest BCUT2D eigenvalue weighted by atomic mass is 16.8. The minimum absolute atomic E-state index is 0.102. The molecule has 4 aliphatic carbocycles. The van der Waals surface area contributed by atoms with Crippen LogP contribution in [0, 0.1) is 22.7 Å². The van der Waals surface area contributed by atoms with Crippen molar-refractivity contribution in [2.75, 3.05) is 0 Å². The fraction of sp³-hybridized carbons (Fsp3) is 0.800. The van der Waals surface area contributed by atoms with Gasteiger partial charge in [0.05, 0.1) is 11.5 Å². The van der Waals surface area contributed by atoms with Crippen LogP contribution in [0.5, 0.6) is 0 Å². The minimum Gasteiger partial charge on any atom is -0.451 e. The molecule has 6 N–H and O–H groups in total. The summed E-state index contributed by atoms with van der Waals surface area (Å²) in [6.07, 6.45) is -0.722. The van der Waals surface area contributed by atoms with Crippen LogP contribution in [-0.4, -0.2) is 89.7 Å².